The van der Waals surface area contributed by atoms with Crippen LogP contribution in [0.25, 0.3) is 0 Å². The summed E-state index contributed by atoms with van der Waals surface area (Å²) >= 11 is 0. The van der Waals surface area contributed by atoms with E-state index in [0.29, 0.717) is 18.1 Å². The number of halogens is 1. The summed E-state index contributed by atoms with van der Waals surface area (Å²) in [6, 6.07) is 6.74. The molecule has 0 spiro atoms. The molecule has 1 N–H and O–H groups in total. The standard InChI is InChI=1S/C15H24FNO/c1-11(2)9-12(3)18-10-15(17-4)13-7-5-6-8-14(13)16/h5-8,11-12,15,17H,9-10H2,1-4H3. The number of ether oxygens (including phenoxy) is 1. The van der Waals surface area contributed by atoms with Crippen LogP contribution in [0.15, 0.2) is 24.3 Å². The summed E-state index contributed by atoms with van der Waals surface area (Å²) in [6.07, 6.45) is 1.22. The monoisotopic (exact) mass is 253 g/mol. The molecule has 2 atom stereocenters. The van der Waals surface area contributed by atoms with Gasteiger partial charge in [0.2, 0.25) is 0 Å². The first kappa shape index (κ1) is 15.1. The van der Waals surface area contributed by atoms with E-state index in [9.17, 15) is 4.39 Å². The minimum absolute atomic E-state index is 0.0965. The molecule has 2 nitrogen and oxygen atoms in total. The molecule has 1 rings (SSSR count). The van der Waals surface area contributed by atoms with Crippen molar-refractivity contribution in [3.63, 3.8) is 0 Å². The second-order valence-corrected chi connectivity index (χ2v) is 5.14. The third kappa shape index (κ3) is 4.75. The lowest BCUT2D eigenvalue weighted by atomic mass is 10.1. The predicted molar refractivity (Wildman–Crippen MR) is 73.1 cm³/mol. The van der Waals surface area contributed by atoms with Crippen molar-refractivity contribution in [3.05, 3.63) is 35.6 Å². The Labute approximate surface area is 110 Å². The van der Waals surface area contributed by atoms with Crippen LogP contribution in [0.4, 0.5) is 4.39 Å². The maximum absolute atomic E-state index is 13.7. The Morgan fingerprint density at radius 2 is 1.89 bits per heavy atom. The number of hydrogen-bond acceptors (Lipinski definition) is 2. The van der Waals surface area contributed by atoms with Crippen LogP contribution in [0.3, 0.4) is 0 Å². The molecular weight excluding hydrogens is 229 g/mol. The highest BCUT2D eigenvalue weighted by molar-refractivity contribution is 5.21. The van der Waals surface area contributed by atoms with Gasteiger partial charge in [-0.2, -0.15) is 0 Å². The molecule has 1 aromatic carbocycles. The van der Waals surface area contributed by atoms with Gasteiger partial charge >= 0.3 is 0 Å². The molecular formula is C15H24FNO. The molecule has 0 aliphatic heterocycles. The number of rotatable bonds is 7. The fourth-order valence-electron chi connectivity index (χ4n) is 2.08. The minimum Gasteiger partial charge on any atom is -0.377 e. The summed E-state index contributed by atoms with van der Waals surface area (Å²) < 4.78 is 19.5. The highest BCUT2D eigenvalue weighted by atomic mass is 19.1. The highest BCUT2D eigenvalue weighted by Gasteiger charge is 2.15. The van der Waals surface area contributed by atoms with E-state index in [1.807, 2.05) is 13.1 Å². The maximum atomic E-state index is 13.7. The first-order valence-corrected chi connectivity index (χ1v) is 6.57. The fraction of sp³-hybridized carbons (Fsp3) is 0.600. The van der Waals surface area contributed by atoms with Gasteiger partial charge in [0, 0.05) is 5.56 Å². The Kier molecular flexibility index (Phi) is 6.30. The van der Waals surface area contributed by atoms with E-state index in [0.717, 1.165) is 6.42 Å². The molecule has 0 saturated carbocycles. The summed E-state index contributed by atoms with van der Waals surface area (Å²) in [5.41, 5.74) is 0.664. The van der Waals surface area contributed by atoms with Crippen molar-refractivity contribution in [2.24, 2.45) is 5.92 Å². The predicted octanol–water partition coefficient (Wildman–Crippen LogP) is 3.54. The van der Waals surface area contributed by atoms with Crippen molar-refractivity contribution in [1.29, 1.82) is 0 Å². The van der Waals surface area contributed by atoms with Crippen LogP contribution in [-0.4, -0.2) is 19.8 Å². The van der Waals surface area contributed by atoms with E-state index in [4.69, 9.17) is 4.74 Å². The van der Waals surface area contributed by atoms with Gasteiger partial charge in [-0.1, -0.05) is 32.0 Å². The molecule has 18 heavy (non-hydrogen) atoms. The van der Waals surface area contributed by atoms with Crippen LogP contribution in [0.5, 0.6) is 0 Å². The number of benzene rings is 1. The molecule has 2 unspecified atom stereocenters. The Morgan fingerprint density at radius 3 is 2.44 bits per heavy atom. The lowest BCUT2D eigenvalue weighted by Crippen LogP contribution is -2.25. The van der Waals surface area contributed by atoms with Gasteiger partial charge in [0.25, 0.3) is 0 Å². The molecule has 0 heterocycles. The van der Waals surface area contributed by atoms with Crippen LogP contribution in [0.1, 0.15) is 38.8 Å². The van der Waals surface area contributed by atoms with Crippen LogP contribution >= 0.6 is 0 Å². The normalized spacial score (nSPS) is 14.8. The van der Waals surface area contributed by atoms with Gasteiger partial charge in [0.15, 0.2) is 0 Å². The zero-order chi connectivity index (χ0) is 13.5. The van der Waals surface area contributed by atoms with Gasteiger partial charge in [-0.05, 0) is 32.4 Å². The molecule has 0 saturated heterocycles. The second-order valence-electron chi connectivity index (χ2n) is 5.14. The first-order valence-electron chi connectivity index (χ1n) is 6.57. The molecule has 0 bridgehead atoms. The van der Waals surface area contributed by atoms with Crippen LogP contribution < -0.4 is 5.32 Å². The van der Waals surface area contributed by atoms with Crippen molar-refractivity contribution < 1.29 is 9.13 Å². The topological polar surface area (TPSA) is 21.3 Å². The second kappa shape index (κ2) is 7.49. The van der Waals surface area contributed by atoms with Gasteiger partial charge in [-0.15, -0.1) is 0 Å². The number of likely N-dealkylation sites (N-methyl/N-ethyl adjacent to an activating group) is 1. The van der Waals surface area contributed by atoms with E-state index in [1.54, 1.807) is 12.1 Å². The highest BCUT2D eigenvalue weighted by Crippen LogP contribution is 2.18. The van der Waals surface area contributed by atoms with E-state index in [-0.39, 0.29) is 18.0 Å². The molecule has 1 aromatic rings. The molecule has 0 fully saturated rings. The van der Waals surface area contributed by atoms with Gasteiger partial charge in [0.05, 0.1) is 18.8 Å². The molecule has 0 aromatic heterocycles. The summed E-state index contributed by atoms with van der Waals surface area (Å²) in [5, 5.41) is 3.10. The molecule has 0 amide bonds. The van der Waals surface area contributed by atoms with Gasteiger partial charge in [0.1, 0.15) is 5.82 Å². The Hall–Kier alpha value is -0.930. The lowest BCUT2D eigenvalue weighted by Gasteiger charge is -2.21. The number of hydrogen-bond donors (Lipinski definition) is 1. The first-order chi connectivity index (χ1) is 8.54. The minimum atomic E-state index is -0.183. The Bertz CT molecular complexity index is 354. The average Bonchev–Trinajstić information content (AvgIpc) is 2.31. The summed E-state index contributed by atoms with van der Waals surface area (Å²) in [6.45, 7) is 6.90. The Balaban J connectivity index is 2.55. The fourth-order valence-corrected chi connectivity index (χ4v) is 2.08. The summed E-state index contributed by atoms with van der Waals surface area (Å²) in [7, 11) is 1.83. The van der Waals surface area contributed by atoms with Gasteiger partial charge in [-0.3, -0.25) is 0 Å². The SMILES string of the molecule is CNC(COC(C)CC(C)C)c1ccccc1F. The average molecular weight is 253 g/mol. The maximum Gasteiger partial charge on any atom is 0.128 e. The van der Waals surface area contributed by atoms with Crippen molar-refractivity contribution in [2.45, 2.75) is 39.3 Å². The smallest absolute Gasteiger partial charge is 0.128 e. The molecule has 102 valence electrons. The molecule has 3 heteroatoms. The quantitative estimate of drug-likeness (QED) is 0.802. The van der Waals surface area contributed by atoms with Crippen LogP contribution in [0, 0.1) is 11.7 Å². The van der Waals surface area contributed by atoms with Crippen molar-refractivity contribution >= 4 is 0 Å². The van der Waals surface area contributed by atoms with E-state index < -0.39 is 0 Å². The lowest BCUT2D eigenvalue weighted by molar-refractivity contribution is 0.0377. The molecule has 0 radical (unpaired) electrons. The Morgan fingerprint density at radius 1 is 1.22 bits per heavy atom. The zero-order valence-electron chi connectivity index (χ0n) is 11.7. The van der Waals surface area contributed by atoms with Gasteiger partial charge < -0.3 is 10.1 Å². The number of nitrogens with one attached hydrogen (secondary N) is 1. The van der Waals surface area contributed by atoms with Crippen LogP contribution in [-0.2, 0) is 4.74 Å². The third-order valence-electron chi connectivity index (χ3n) is 2.98. The third-order valence-corrected chi connectivity index (χ3v) is 2.98. The van der Waals surface area contributed by atoms with Gasteiger partial charge in [-0.25, -0.2) is 4.39 Å². The van der Waals surface area contributed by atoms with E-state index >= 15 is 0 Å². The zero-order valence-corrected chi connectivity index (χ0v) is 11.7. The molecule has 0 aliphatic rings. The van der Waals surface area contributed by atoms with Crippen LogP contribution in [0.2, 0.25) is 0 Å². The van der Waals surface area contributed by atoms with Crippen molar-refractivity contribution in [3.8, 4) is 0 Å². The van der Waals surface area contributed by atoms with E-state index in [2.05, 4.69) is 26.1 Å². The van der Waals surface area contributed by atoms with Crippen molar-refractivity contribution in [2.75, 3.05) is 13.7 Å². The summed E-state index contributed by atoms with van der Waals surface area (Å²) in [5.74, 6) is 0.429. The van der Waals surface area contributed by atoms with E-state index in [1.165, 1.54) is 6.07 Å². The molecule has 0 aliphatic carbocycles. The van der Waals surface area contributed by atoms with Crippen molar-refractivity contribution in [1.82, 2.24) is 5.32 Å². The summed E-state index contributed by atoms with van der Waals surface area (Å²) in [4.78, 5) is 0. The largest absolute Gasteiger partial charge is 0.377 e.